The summed E-state index contributed by atoms with van der Waals surface area (Å²) in [4.78, 5) is 8.84. The first-order chi connectivity index (χ1) is 11.1. The molecule has 0 aliphatic rings. The molecule has 128 valence electrons. The van der Waals surface area contributed by atoms with Crippen molar-refractivity contribution in [1.29, 1.82) is 0 Å². The van der Waals surface area contributed by atoms with E-state index in [-0.39, 0.29) is 11.2 Å². The fourth-order valence-corrected chi connectivity index (χ4v) is 2.07. The lowest BCUT2D eigenvalue weighted by Crippen LogP contribution is -2.26. The quantitative estimate of drug-likeness (QED) is 0.780. The number of benzene rings is 1. The maximum atomic E-state index is 6.06. The molecule has 0 unspecified atom stereocenters. The van der Waals surface area contributed by atoms with Gasteiger partial charge >= 0.3 is 6.01 Å². The molecule has 0 spiro atoms. The van der Waals surface area contributed by atoms with E-state index in [0.717, 1.165) is 16.7 Å². The summed E-state index contributed by atoms with van der Waals surface area (Å²) in [6.45, 7) is 15.7. The van der Waals surface area contributed by atoms with Crippen molar-refractivity contribution in [2.45, 2.75) is 52.7 Å². The lowest BCUT2D eigenvalue weighted by Gasteiger charge is -2.24. The fraction of sp³-hybridized carbons (Fsp3) is 0.400. The molecule has 0 amide bonds. The fourth-order valence-electron chi connectivity index (χ4n) is 2.07. The van der Waals surface area contributed by atoms with Crippen LogP contribution < -0.4 is 9.47 Å². The van der Waals surface area contributed by atoms with Crippen molar-refractivity contribution in [2.24, 2.45) is 0 Å². The molecule has 0 saturated carbocycles. The Bertz CT molecular complexity index is 725. The van der Waals surface area contributed by atoms with E-state index in [0.29, 0.717) is 11.9 Å². The Morgan fingerprint density at radius 3 is 2.25 bits per heavy atom. The van der Waals surface area contributed by atoms with Crippen molar-refractivity contribution in [3.05, 3.63) is 42.6 Å². The van der Waals surface area contributed by atoms with Crippen molar-refractivity contribution < 1.29 is 9.47 Å². The van der Waals surface area contributed by atoms with Crippen LogP contribution in [-0.2, 0) is 0 Å². The largest absolute Gasteiger partial charge is 0.471 e. The first-order valence-electron chi connectivity index (χ1n) is 8.05. The van der Waals surface area contributed by atoms with Gasteiger partial charge in [-0.2, -0.15) is 4.98 Å². The second-order valence-electron chi connectivity index (χ2n) is 7.63. The summed E-state index contributed by atoms with van der Waals surface area (Å²) in [6.07, 6.45) is 3.56. The van der Waals surface area contributed by atoms with Crippen LogP contribution in [0.15, 0.2) is 37.0 Å². The average Bonchev–Trinajstić information content (AvgIpc) is 2.44. The van der Waals surface area contributed by atoms with Gasteiger partial charge in [0.15, 0.2) is 0 Å². The van der Waals surface area contributed by atoms with Crippen LogP contribution in [0.4, 0.5) is 0 Å². The molecular weight excluding hydrogens is 300 g/mol. The van der Waals surface area contributed by atoms with Gasteiger partial charge in [0.25, 0.3) is 0 Å². The molecule has 2 rings (SSSR count). The molecule has 0 aliphatic heterocycles. The predicted molar refractivity (Wildman–Crippen MR) is 98.3 cm³/mol. The van der Waals surface area contributed by atoms with E-state index in [1.807, 2.05) is 71.9 Å². The Morgan fingerprint density at radius 2 is 1.67 bits per heavy atom. The lowest BCUT2D eigenvalue weighted by atomic mass is 10.1. The molecular formula is C20H26N2O2. The van der Waals surface area contributed by atoms with E-state index in [1.165, 1.54) is 0 Å². The van der Waals surface area contributed by atoms with Crippen molar-refractivity contribution >= 4 is 6.08 Å². The molecule has 4 nitrogen and oxygen atoms in total. The Balaban J connectivity index is 2.51. The highest BCUT2D eigenvalue weighted by Gasteiger charge is 2.21. The molecule has 0 radical (unpaired) electrons. The zero-order valence-corrected chi connectivity index (χ0v) is 15.4. The highest BCUT2D eigenvalue weighted by Crippen LogP contribution is 2.32. The van der Waals surface area contributed by atoms with Gasteiger partial charge in [0, 0.05) is 6.20 Å². The van der Waals surface area contributed by atoms with Crippen LogP contribution in [0.1, 0.15) is 47.1 Å². The first-order valence-corrected chi connectivity index (χ1v) is 8.05. The molecule has 2 aromatic rings. The lowest BCUT2D eigenvalue weighted by molar-refractivity contribution is 0.103. The van der Waals surface area contributed by atoms with Crippen molar-refractivity contribution in [3.8, 4) is 23.0 Å². The van der Waals surface area contributed by atoms with Crippen LogP contribution in [0.2, 0.25) is 0 Å². The first kappa shape index (κ1) is 18.0. The van der Waals surface area contributed by atoms with E-state index in [1.54, 1.807) is 6.20 Å². The van der Waals surface area contributed by atoms with Gasteiger partial charge in [0.05, 0.1) is 5.56 Å². The standard InChI is InChI=1S/C20H26N2O2/c1-8-14-10-9-11-15(12-14)16-13-21-18(24-20(5,6)7)22-17(16)23-19(2,3)4/h8-13H,1H2,2-7H3. The summed E-state index contributed by atoms with van der Waals surface area (Å²) in [6, 6.07) is 8.33. The molecule has 0 N–H and O–H groups in total. The Morgan fingerprint density at radius 1 is 1.00 bits per heavy atom. The Hall–Kier alpha value is -2.36. The average molecular weight is 326 g/mol. The van der Waals surface area contributed by atoms with Gasteiger partial charge in [-0.3, -0.25) is 0 Å². The maximum Gasteiger partial charge on any atom is 0.320 e. The van der Waals surface area contributed by atoms with Crippen LogP contribution >= 0.6 is 0 Å². The highest BCUT2D eigenvalue weighted by molar-refractivity contribution is 5.70. The molecule has 0 aliphatic carbocycles. The van der Waals surface area contributed by atoms with Gasteiger partial charge in [0.2, 0.25) is 5.88 Å². The summed E-state index contributed by atoms with van der Waals surface area (Å²) in [7, 11) is 0. The third kappa shape index (κ3) is 5.08. The number of hydrogen-bond donors (Lipinski definition) is 0. The molecule has 1 aromatic heterocycles. The molecule has 0 atom stereocenters. The smallest absolute Gasteiger partial charge is 0.320 e. The van der Waals surface area contributed by atoms with Crippen LogP contribution in [0.25, 0.3) is 17.2 Å². The molecule has 4 heteroatoms. The zero-order chi connectivity index (χ0) is 18.0. The number of nitrogens with zero attached hydrogens (tertiary/aromatic N) is 2. The van der Waals surface area contributed by atoms with Gasteiger partial charge in [-0.15, -0.1) is 0 Å². The Kier molecular flexibility index (Phi) is 4.97. The van der Waals surface area contributed by atoms with E-state index < -0.39 is 0 Å². The minimum atomic E-state index is -0.377. The van der Waals surface area contributed by atoms with Crippen molar-refractivity contribution in [3.63, 3.8) is 0 Å². The third-order valence-corrected chi connectivity index (χ3v) is 2.97. The van der Waals surface area contributed by atoms with Crippen LogP contribution in [0, 0.1) is 0 Å². The molecule has 1 aromatic carbocycles. The van der Waals surface area contributed by atoms with E-state index in [2.05, 4.69) is 16.5 Å². The third-order valence-electron chi connectivity index (χ3n) is 2.97. The summed E-state index contributed by atoms with van der Waals surface area (Å²) >= 11 is 0. The zero-order valence-electron chi connectivity index (χ0n) is 15.4. The minimum Gasteiger partial charge on any atom is -0.471 e. The second-order valence-corrected chi connectivity index (χ2v) is 7.63. The Labute approximate surface area is 144 Å². The van der Waals surface area contributed by atoms with E-state index in [4.69, 9.17) is 9.47 Å². The molecule has 0 saturated heterocycles. The number of rotatable bonds is 4. The summed E-state index contributed by atoms with van der Waals surface area (Å²) < 4.78 is 11.8. The highest BCUT2D eigenvalue weighted by atomic mass is 16.5. The molecule has 1 heterocycles. The molecule has 0 bridgehead atoms. The second kappa shape index (κ2) is 6.63. The van der Waals surface area contributed by atoms with Crippen LogP contribution in [-0.4, -0.2) is 21.2 Å². The maximum absolute atomic E-state index is 6.06. The number of aromatic nitrogens is 2. The molecule has 0 fully saturated rings. The van der Waals surface area contributed by atoms with Gasteiger partial charge in [-0.1, -0.05) is 30.9 Å². The van der Waals surface area contributed by atoms with Crippen molar-refractivity contribution in [2.75, 3.05) is 0 Å². The summed E-state index contributed by atoms with van der Waals surface area (Å²) in [5.74, 6) is 0.512. The van der Waals surface area contributed by atoms with Crippen LogP contribution in [0.5, 0.6) is 11.9 Å². The van der Waals surface area contributed by atoms with Gasteiger partial charge in [0.1, 0.15) is 11.2 Å². The molecule has 24 heavy (non-hydrogen) atoms. The van der Waals surface area contributed by atoms with E-state index >= 15 is 0 Å². The predicted octanol–water partition coefficient (Wildman–Crippen LogP) is 5.14. The van der Waals surface area contributed by atoms with Gasteiger partial charge < -0.3 is 9.47 Å². The van der Waals surface area contributed by atoms with Gasteiger partial charge in [-0.05, 0) is 58.7 Å². The topological polar surface area (TPSA) is 44.2 Å². The van der Waals surface area contributed by atoms with Gasteiger partial charge in [-0.25, -0.2) is 4.98 Å². The minimum absolute atomic E-state index is 0.311. The van der Waals surface area contributed by atoms with E-state index in [9.17, 15) is 0 Å². The number of hydrogen-bond acceptors (Lipinski definition) is 4. The van der Waals surface area contributed by atoms with Crippen LogP contribution in [0.3, 0.4) is 0 Å². The SMILES string of the molecule is C=Cc1cccc(-c2cnc(OC(C)(C)C)nc2OC(C)(C)C)c1. The van der Waals surface area contributed by atoms with Crippen molar-refractivity contribution in [1.82, 2.24) is 9.97 Å². The monoisotopic (exact) mass is 326 g/mol. The number of ether oxygens (including phenoxy) is 2. The summed E-state index contributed by atoms with van der Waals surface area (Å²) in [5.41, 5.74) is 2.09. The normalized spacial score (nSPS) is 11.9. The summed E-state index contributed by atoms with van der Waals surface area (Å²) in [5, 5.41) is 0.